The third-order valence-electron chi connectivity index (χ3n) is 4.48. The number of nitrogens with one attached hydrogen (secondary N) is 1. The van der Waals surface area contributed by atoms with Crippen molar-refractivity contribution < 1.29 is 23.5 Å². The van der Waals surface area contributed by atoms with E-state index in [9.17, 15) is 14.0 Å². The van der Waals surface area contributed by atoms with Crippen molar-refractivity contribution in [3.63, 3.8) is 0 Å². The van der Waals surface area contributed by atoms with Gasteiger partial charge in [0, 0.05) is 23.3 Å². The summed E-state index contributed by atoms with van der Waals surface area (Å²) < 4.78 is 26.2. The fraction of sp³-hybridized carbons (Fsp3) is 0.263. The van der Waals surface area contributed by atoms with E-state index in [1.165, 1.54) is 29.4 Å². The molecule has 11 heteroatoms. The topological polar surface area (TPSA) is 98.6 Å². The summed E-state index contributed by atoms with van der Waals surface area (Å²) in [6, 6.07) is 6.33. The number of aromatic nitrogens is 3. The summed E-state index contributed by atoms with van der Waals surface area (Å²) in [6.07, 6.45) is 1.75. The summed E-state index contributed by atoms with van der Waals surface area (Å²) in [5, 5.41) is 9.21. The molecule has 3 heterocycles. The van der Waals surface area contributed by atoms with E-state index in [2.05, 4.69) is 20.1 Å². The lowest BCUT2D eigenvalue weighted by molar-refractivity contribution is 0.132. The quantitative estimate of drug-likeness (QED) is 0.645. The van der Waals surface area contributed by atoms with Crippen LogP contribution in [0.25, 0.3) is 11.3 Å². The highest BCUT2D eigenvalue weighted by atomic mass is 32.1. The average Bonchev–Trinajstić information content (AvgIpc) is 3.48. The standard InChI is InChI=1S/C19H18FN5O4S/c1-28-18(26)21-8-13-9-25(19(27)29-13)12-3-4-14(15(20)7-12)16-11-30-17(23-16)10-24-6-2-5-22-24/h2-7,11,13H,8-10H2,1H3,(H,21,26). The van der Waals surface area contributed by atoms with Crippen LogP contribution in [0, 0.1) is 5.82 Å². The third kappa shape index (κ3) is 4.25. The number of hydrogen-bond donors (Lipinski definition) is 1. The molecule has 1 aliphatic heterocycles. The predicted molar refractivity (Wildman–Crippen MR) is 107 cm³/mol. The number of ether oxygens (including phenoxy) is 2. The number of benzene rings is 1. The average molecular weight is 431 g/mol. The Morgan fingerprint density at radius 3 is 3.07 bits per heavy atom. The Kier molecular flexibility index (Phi) is 5.61. The molecule has 4 rings (SSSR count). The van der Waals surface area contributed by atoms with E-state index < -0.39 is 24.1 Å². The van der Waals surface area contributed by atoms with Crippen LogP contribution < -0.4 is 10.2 Å². The summed E-state index contributed by atoms with van der Waals surface area (Å²) in [5.74, 6) is -0.493. The van der Waals surface area contributed by atoms with E-state index in [4.69, 9.17) is 4.74 Å². The van der Waals surface area contributed by atoms with Gasteiger partial charge in [-0.05, 0) is 24.3 Å². The maximum Gasteiger partial charge on any atom is 0.414 e. The molecule has 2 aromatic heterocycles. The zero-order valence-corrected chi connectivity index (χ0v) is 16.8. The van der Waals surface area contributed by atoms with E-state index in [1.807, 2.05) is 12.3 Å². The molecule has 0 aliphatic carbocycles. The van der Waals surface area contributed by atoms with Crippen molar-refractivity contribution in [3.05, 3.63) is 52.9 Å². The van der Waals surface area contributed by atoms with E-state index in [0.29, 0.717) is 23.5 Å². The molecular weight excluding hydrogens is 413 g/mol. The molecule has 1 unspecified atom stereocenters. The zero-order chi connectivity index (χ0) is 21.1. The molecule has 0 spiro atoms. The monoisotopic (exact) mass is 431 g/mol. The summed E-state index contributed by atoms with van der Waals surface area (Å²) in [4.78, 5) is 29.1. The van der Waals surface area contributed by atoms with Crippen molar-refractivity contribution in [3.8, 4) is 11.3 Å². The Morgan fingerprint density at radius 1 is 1.47 bits per heavy atom. The Hall–Kier alpha value is -3.47. The number of carbonyl (C=O) groups excluding carboxylic acids is 2. The molecule has 1 aliphatic rings. The Bertz CT molecular complexity index is 1060. The highest BCUT2D eigenvalue weighted by Gasteiger charge is 2.33. The molecule has 0 saturated carbocycles. The minimum atomic E-state index is -0.616. The van der Waals surface area contributed by atoms with Gasteiger partial charge in [0.05, 0.1) is 38.1 Å². The van der Waals surface area contributed by atoms with Crippen LogP contribution in [0.2, 0.25) is 0 Å². The number of thiazole rings is 1. The van der Waals surface area contributed by atoms with E-state index in [1.54, 1.807) is 28.4 Å². The van der Waals surface area contributed by atoms with E-state index >= 15 is 0 Å². The number of amides is 2. The maximum absolute atomic E-state index is 14.8. The van der Waals surface area contributed by atoms with Crippen LogP contribution in [0.5, 0.6) is 0 Å². The molecule has 30 heavy (non-hydrogen) atoms. The first-order valence-electron chi connectivity index (χ1n) is 9.05. The van der Waals surface area contributed by atoms with Crippen LogP contribution in [0.3, 0.4) is 0 Å². The molecule has 1 atom stereocenters. The van der Waals surface area contributed by atoms with Crippen molar-refractivity contribution in [2.75, 3.05) is 25.1 Å². The molecule has 0 radical (unpaired) electrons. The SMILES string of the molecule is COC(=O)NCC1CN(c2ccc(-c3csc(Cn4cccn4)n3)c(F)c2)C(=O)O1. The largest absolute Gasteiger partial charge is 0.453 e. The van der Waals surface area contributed by atoms with Crippen molar-refractivity contribution in [2.24, 2.45) is 0 Å². The van der Waals surface area contributed by atoms with Gasteiger partial charge in [-0.15, -0.1) is 11.3 Å². The first kappa shape index (κ1) is 19.8. The molecule has 3 aromatic rings. The Labute approximate surface area is 175 Å². The van der Waals surface area contributed by atoms with Crippen LogP contribution in [0.4, 0.5) is 19.7 Å². The lowest BCUT2D eigenvalue weighted by Gasteiger charge is -2.14. The highest BCUT2D eigenvalue weighted by molar-refractivity contribution is 7.09. The van der Waals surface area contributed by atoms with E-state index in [-0.39, 0.29) is 13.1 Å². The number of carbonyl (C=O) groups is 2. The first-order valence-corrected chi connectivity index (χ1v) is 9.93. The molecule has 1 N–H and O–H groups in total. The molecule has 2 amide bonds. The van der Waals surface area contributed by atoms with Gasteiger partial charge in [-0.2, -0.15) is 5.10 Å². The van der Waals surface area contributed by atoms with E-state index in [0.717, 1.165) is 5.01 Å². The van der Waals surface area contributed by atoms with Gasteiger partial charge < -0.3 is 14.8 Å². The van der Waals surface area contributed by atoms with Gasteiger partial charge >= 0.3 is 12.2 Å². The number of alkyl carbamates (subject to hydrolysis) is 1. The number of methoxy groups -OCH3 is 1. The second kappa shape index (κ2) is 8.49. The second-order valence-electron chi connectivity index (χ2n) is 6.48. The van der Waals surface area contributed by atoms with Crippen molar-refractivity contribution in [1.82, 2.24) is 20.1 Å². The lowest BCUT2D eigenvalue weighted by Crippen LogP contribution is -2.34. The maximum atomic E-state index is 14.8. The summed E-state index contributed by atoms with van der Waals surface area (Å²) in [5.41, 5.74) is 1.24. The van der Waals surface area contributed by atoms with Crippen molar-refractivity contribution in [2.45, 2.75) is 12.6 Å². The fourth-order valence-electron chi connectivity index (χ4n) is 3.03. The summed E-state index contributed by atoms with van der Waals surface area (Å²) in [7, 11) is 1.25. The van der Waals surface area contributed by atoms with Crippen molar-refractivity contribution >= 4 is 29.2 Å². The highest BCUT2D eigenvalue weighted by Crippen LogP contribution is 2.30. The summed E-state index contributed by atoms with van der Waals surface area (Å²) >= 11 is 1.42. The second-order valence-corrected chi connectivity index (χ2v) is 7.43. The van der Waals surface area contributed by atoms with Crippen molar-refractivity contribution in [1.29, 1.82) is 0 Å². The Morgan fingerprint density at radius 2 is 2.33 bits per heavy atom. The number of anilines is 1. The van der Waals surface area contributed by atoms with Gasteiger partial charge in [-0.1, -0.05) is 0 Å². The van der Waals surface area contributed by atoms with Gasteiger partial charge in [-0.3, -0.25) is 9.58 Å². The number of cyclic esters (lactones) is 1. The minimum Gasteiger partial charge on any atom is -0.453 e. The molecule has 1 aromatic carbocycles. The normalized spacial score (nSPS) is 15.9. The van der Waals surface area contributed by atoms with Crippen LogP contribution >= 0.6 is 11.3 Å². The molecule has 0 bridgehead atoms. The Balaban J connectivity index is 1.45. The number of halogens is 1. The van der Waals surface area contributed by atoms with Crippen LogP contribution in [-0.2, 0) is 16.0 Å². The van der Waals surface area contributed by atoms with Gasteiger partial charge in [-0.25, -0.2) is 19.0 Å². The smallest absolute Gasteiger partial charge is 0.414 e. The third-order valence-corrected chi connectivity index (χ3v) is 5.32. The molecule has 156 valence electrons. The number of rotatable bonds is 6. The molecule has 1 saturated heterocycles. The van der Waals surface area contributed by atoms with Crippen LogP contribution in [-0.4, -0.2) is 53.3 Å². The van der Waals surface area contributed by atoms with Gasteiger partial charge in [0.2, 0.25) is 0 Å². The summed E-state index contributed by atoms with van der Waals surface area (Å²) in [6.45, 7) is 0.803. The number of hydrogen-bond acceptors (Lipinski definition) is 7. The zero-order valence-electron chi connectivity index (χ0n) is 15.9. The first-order chi connectivity index (χ1) is 14.5. The minimum absolute atomic E-state index is 0.104. The molecule has 9 nitrogen and oxygen atoms in total. The number of nitrogens with zero attached hydrogens (tertiary/aromatic N) is 4. The molecular formula is C19H18FN5O4S. The lowest BCUT2D eigenvalue weighted by atomic mass is 10.1. The fourth-order valence-corrected chi connectivity index (χ4v) is 3.81. The van der Waals surface area contributed by atoms with Crippen LogP contribution in [0.15, 0.2) is 42.0 Å². The molecule has 1 fully saturated rings. The van der Waals surface area contributed by atoms with Gasteiger partial charge in [0.15, 0.2) is 0 Å². The van der Waals surface area contributed by atoms with Gasteiger partial charge in [0.1, 0.15) is 16.9 Å². The van der Waals surface area contributed by atoms with Gasteiger partial charge in [0.25, 0.3) is 0 Å². The predicted octanol–water partition coefficient (Wildman–Crippen LogP) is 2.88. The van der Waals surface area contributed by atoms with Crippen LogP contribution in [0.1, 0.15) is 5.01 Å².